The summed E-state index contributed by atoms with van der Waals surface area (Å²) in [6.07, 6.45) is 3.41. The minimum absolute atomic E-state index is 0.206. The van der Waals surface area contributed by atoms with Gasteiger partial charge in [-0.3, -0.25) is 9.59 Å². The van der Waals surface area contributed by atoms with E-state index in [0.29, 0.717) is 39.4 Å². The smallest absolute Gasteiger partial charge is 0.263 e. The largest absolute Gasteiger partial charge is 0.378 e. The van der Waals surface area contributed by atoms with Crippen LogP contribution in [0.3, 0.4) is 0 Å². The fraction of sp³-hybridized carbons (Fsp3) is 0.474. The van der Waals surface area contributed by atoms with Crippen LogP contribution in [0.5, 0.6) is 0 Å². The van der Waals surface area contributed by atoms with E-state index < -0.39 is 0 Å². The van der Waals surface area contributed by atoms with E-state index in [2.05, 4.69) is 20.0 Å². The van der Waals surface area contributed by atoms with Gasteiger partial charge in [-0.25, -0.2) is 0 Å². The lowest BCUT2D eigenvalue weighted by atomic mass is 10.2. The Morgan fingerprint density at radius 3 is 2.57 bits per heavy atom. The van der Waals surface area contributed by atoms with Crippen molar-refractivity contribution in [1.82, 2.24) is 19.7 Å². The summed E-state index contributed by atoms with van der Waals surface area (Å²) >= 11 is 0. The molecule has 2 aromatic rings. The summed E-state index contributed by atoms with van der Waals surface area (Å²) in [6, 6.07) is 5.36. The summed E-state index contributed by atoms with van der Waals surface area (Å²) < 4.78 is 6.82. The molecule has 0 bridgehead atoms. The predicted octanol–water partition coefficient (Wildman–Crippen LogP) is -0.0257. The Balaban J connectivity index is 1.42. The summed E-state index contributed by atoms with van der Waals surface area (Å²) in [5.41, 5.74) is 0.960. The second-order valence-corrected chi connectivity index (χ2v) is 6.99. The molecule has 0 unspecified atom stereocenters. The van der Waals surface area contributed by atoms with Gasteiger partial charge in [0.2, 0.25) is 0 Å². The molecule has 0 radical (unpaired) electrons. The Morgan fingerprint density at radius 1 is 1.07 bits per heavy atom. The van der Waals surface area contributed by atoms with Crippen LogP contribution in [0.4, 0.5) is 11.5 Å². The lowest BCUT2D eigenvalue weighted by Crippen LogP contribution is -2.50. The van der Waals surface area contributed by atoms with Crippen LogP contribution < -0.4 is 15.4 Å². The number of rotatable bonds is 3. The van der Waals surface area contributed by atoms with Crippen molar-refractivity contribution >= 4 is 17.4 Å². The van der Waals surface area contributed by atoms with Crippen LogP contribution in [0.15, 0.2) is 35.4 Å². The second kappa shape index (κ2) is 7.97. The standard InChI is InChI=1S/C19H24N6O3/c1-22-4-2-3-16(18(22)26)19(27)25-7-5-23(6-8-25)15-13-17(21-20-14-15)24-9-11-28-12-10-24/h2-4,13-14H,5-12H2,1H3. The topological polar surface area (TPSA) is 83.8 Å². The summed E-state index contributed by atoms with van der Waals surface area (Å²) in [5.74, 6) is 0.648. The highest BCUT2D eigenvalue weighted by Gasteiger charge is 2.25. The van der Waals surface area contributed by atoms with Crippen molar-refractivity contribution in [3.05, 3.63) is 46.5 Å². The zero-order valence-corrected chi connectivity index (χ0v) is 16.0. The molecule has 4 rings (SSSR count). The molecule has 9 nitrogen and oxygen atoms in total. The second-order valence-electron chi connectivity index (χ2n) is 6.99. The fourth-order valence-electron chi connectivity index (χ4n) is 3.56. The Kier molecular flexibility index (Phi) is 5.25. The molecule has 2 saturated heterocycles. The first kappa shape index (κ1) is 18.4. The summed E-state index contributed by atoms with van der Waals surface area (Å²) in [6.45, 7) is 5.52. The minimum atomic E-state index is -0.261. The van der Waals surface area contributed by atoms with Crippen molar-refractivity contribution in [1.29, 1.82) is 0 Å². The van der Waals surface area contributed by atoms with Gasteiger partial charge in [0.25, 0.3) is 11.5 Å². The number of amides is 1. The van der Waals surface area contributed by atoms with Crippen LogP contribution in [0.2, 0.25) is 0 Å². The number of aryl methyl sites for hydroxylation is 1. The van der Waals surface area contributed by atoms with Gasteiger partial charge in [0, 0.05) is 58.6 Å². The molecule has 0 atom stereocenters. The summed E-state index contributed by atoms with van der Waals surface area (Å²) in [7, 11) is 1.65. The summed E-state index contributed by atoms with van der Waals surface area (Å²) in [5, 5.41) is 8.41. The minimum Gasteiger partial charge on any atom is -0.378 e. The fourth-order valence-corrected chi connectivity index (χ4v) is 3.56. The van der Waals surface area contributed by atoms with Crippen molar-refractivity contribution in [2.75, 3.05) is 62.3 Å². The van der Waals surface area contributed by atoms with Crippen molar-refractivity contribution < 1.29 is 9.53 Å². The number of nitrogens with zero attached hydrogens (tertiary/aromatic N) is 6. The Hall–Kier alpha value is -2.94. The molecule has 2 aliphatic rings. The highest BCUT2D eigenvalue weighted by Crippen LogP contribution is 2.21. The first-order valence-electron chi connectivity index (χ1n) is 9.49. The van der Waals surface area contributed by atoms with Crippen LogP contribution in [-0.4, -0.2) is 78.1 Å². The van der Waals surface area contributed by atoms with Crippen molar-refractivity contribution in [2.45, 2.75) is 0 Å². The molecule has 28 heavy (non-hydrogen) atoms. The lowest BCUT2D eigenvalue weighted by Gasteiger charge is -2.36. The molecule has 2 aliphatic heterocycles. The number of pyridine rings is 1. The predicted molar refractivity (Wildman–Crippen MR) is 105 cm³/mol. The molecular formula is C19H24N6O3. The van der Waals surface area contributed by atoms with Crippen molar-refractivity contribution in [3.8, 4) is 0 Å². The molecule has 0 aliphatic carbocycles. The number of piperazine rings is 1. The number of carbonyl (C=O) groups excluding carboxylic acids is 1. The molecule has 4 heterocycles. The average molecular weight is 384 g/mol. The molecule has 0 aromatic carbocycles. The third-order valence-electron chi connectivity index (χ3n) is 5.25. The SMILES string of the molecule is Cn1cccc(C(=O)N2CCN(c3cnnc(N4CCOCC4)c3)CC2)c1=O. The number of carbonyl (C=O) groups is 1. The molecule has 148 valence electrons. The van der Waals surface area contributed by atoms with Gasteiger partial charge in [-0.15, -0.1) is 5.10 Å². The van der Waals surface area contributed by atoms with Gasteiger partial charge in [0.1, 0.15) is 5.56 Å². The highest BCUT2D eigenvalue weighted by atomic mass is 16.5. The third-order valence-corrected chi connectivity index (χ3v) is 5.25. The van der Waals surface area contributed by atoms with Crippen LogP contribution in [0.25, 0.3) is 0 Å². The normalized spacial score (nSPS) is 17.7. The number of morpholine rings is 1. The van der Waals surface area contributed by atoms with E-state index in [4.69, 9.17) is 4.74 Å². The molecule has 0 spiro atoms. The molecule has 2 fully saturated rings. The number of aromatic nitrogens is 3. The Bertz CT molecular complexity index is 901. The molecular weight excluding hydrogens is 360 g/mol. The van der Waals surface area contributed by atoms with Crippen molar-refractivity contribution in [3.63, 3.8) is 0 Å². The maximum absolute atomic E-state index is 12.7. The first-order chi connectivity index (χ1) is 13.6. The molecule has 2 aromatic heterocycles. The van der Waals surface area contributed by atoms with Gasteiger partial charge >= 0.3 is 0 Å². The Labute approximate surface area is 163 Å². The van der Waals surface area contributed by atoms with Gasteiger partial charge in [0.15, 0.2) is 5.82 Å². The molecule has 1 amide bonds. The summed E-state index contributed by atoms with van der Waals surface area (Å²) in [4.78, 5) is 31.0. The van der Waals surface area contributed by atoms with E-state index in [1.165, 1.54) is 4.57 Å². The van der Waals surface area contributed by atoms with Crippen LogP contribution in [-0.2, 0) is 11.8 Å². The number of hydrogen-bond acceptors (Lipinski definition) is 7. The number of anilines is 2. The molecule has 0 saturated carbocycles. The quantitative estimate of drug-likeness (QED) is 0.735. The maximum Gasteiger partial charge on any atom is 0.263 e. The molecule has 9 heteroatoms. The van der Waals surface area contributed by atoms with Gasteiger partial charge < -0.3 is 24.0 Å². The van der Waals surface area contributed by atoms with Crippen molar-refractivity contribution in [2.24, 2.45) is 7.05 Å². The molecule has 0 N–H and O–H groups in total. The first-order valence-corrected chi connectivity index (χ1v) is 9.49. The number of ether oxygens (including phenoxy) is 1. The zero-order valence-electron chi connectivity index (χ0n) is 16.0. The van der Waals surface area contributed by atoms with Gasteiger partial charge in [-0.2, -0.15) is 5.10 Å². The van der Waals surface area contributed by atoms with E-state index >= 15 is 0 Å². The van der Waals surface area contributed by atoms with E-state index in [-0.39, 0.29) is 17.0 Å². The van der Waals surface area contributed by atoms with E-state index in [0.717, 1.165) is 24.6 Å². The van der Waals surface area contributed by atoms with Crippen LogP contribution in [0, 0.1) is 0 Å². The number of hydrogen-bond donors (Lipinski definition) is 0. The van der Waals surface area contributed by atoms with E-state index in [9.17, 15) is 9.59 Å². The van der Waals surface area contributed by atoms with E-state index in [1.54, 1.807) is 36.5 Å². The van der Waals surface area contributed by atoms with Gasteiger partial charge in [-0.1, -0.05) is 0 Å². The van der Waals surface area contributed by atoms with Gasteiger partial charge in [0.05, 0.1) is 25.1 Å². The maximum atomic E-state index is 12.7. The zero-order chi connectivity index (χ0) is 19.5. The lowest BCUT2D eigenvalue weighted by molar-refractivity contribution is 0.0744. The van der Waals surface area contributed by atoms with Crippen LogP contribution >= 0.6 is 0 Å². The third kappa shape index (κ3) is 3.70. The highest BCUT2D eigenvalue weighted by molar-refractivity contribution is 5.94. The van der Waals surface area contributed by atoms with Crippen LogP contribution in [0.1, 0.15) is 10.4 Å². The average Bonchev–Trinajstić information content (AvgIpc) is 2.76. The van der Waals surface area contributed by atoms with Gasteiger partial charge in [-0.05, 0) is 12.1 Å². The van der Waals surface area contributed by atoms with E-state index in [1.807, 2.05) is 6.07 Å². The monoisotopic (exact) mass is 384 g/mol. The Morgan fingerprint density at radius 2 is 1.82 bits per heavy atom.